The van der Waals surface area contributed by atoms with E-state index in [1.807, 2.05) is 36.7 Å². The number of fused-ring (bicyclic) bond motifs is 1. The van der Waals surface area contributed by atoms with E-state index in [1.54, 1.807) is 24.3 Å². The van der Waals surface area contributed by atoms with Gasteiger partial charge >= 0.3 is 0 Å². The molecule has 0 spiro atoms. The Morgan fingerprint density at radius 1 is 1.29 bits per heavy atom. The Labute approximate surface area is 138 Å². The molecule has 0 amide bonds. The third kappa shape index (κ3) is 2.63. The van der Waals surface area contributed by atoms with Gasteiger partial charge in [0.1, 0.15) is 17.3 Å². The minimum absolute atomic E-state index is 0.00888. The van der Waals surface area contributed by atoms with Gasteiger partial charge in [0.05, 0.1) is 10.6 Å². The molecule has 2 aromatic heterocycles. The number of nitriles is 1. The molecular weight excluding hydrogens is 304 g/mol. The molecule has 118 valence electrons. The van der Waals surface area contributed by atoms with E-state index in [0.717, 1.165) is 16.6 Å². The van der Waals surface area contributed by atoms with Crippen LogP contribution >= 0.6 is 0 Å². The van der Waals surface area contributed by atoms with Gasteiger partial charge in [-0.15, -0.1) is 0 Å². The highest BCUT2D eigenvalue weighted by molar-refractivity contribution is 5.88. The van der Waals surface area contributed by atoms with Crippen molar-refractivity contribution in [2.75, 3.05) is 0 Å². The molecule has 0 N–H and O–H groups in total. The van der Waals surface area contributed by atoms with Crippen LogP contribution in [0.4, 0.5) is 5.69 Å². The highest BCUT2D eigenvalue weighted by atomic mass is 16.6. The summed E-state index contributed by atoms with van der Waals surface area (Å²) in [5.41, 5.74) is 3.44. The number of non-ortho nitro benzene ring substituents is 1. The van der Waals surface area contributed by atoms with Gasteiger partial charge in [0.15, 0.2) is 0 Å². The van der Waals surface area contributed by atoms with Gasteiger partial charge in [-0.1, -0.05) is 24.3 Å². The number of aromatic nitrogens is 2. The van der Waals surface area contributed by atoms with Gasteiger partial charge in [-0.25, -0.2) is 4.98 Å². The predicted molar refractivity (Wildman–Crippen MR) is 92.2 cm³/mol. The summed E-state index contributed by atoms with van der Waals surface area (Å²) in [6, 6.07) is 12.5. The van der Waals surface area contributed by atoms with Crippen LogP contribution in [0, 0.1) is 28.4 Å². The number of nitro groups is 1. The maximum absolute atomic E-state index is 11.1. The summed E-state index contributed by atoms with van der Waals surface area (Å²) in [7, 11) is 1.84. The molecule has 0 saturated heterocycles. The van der Waals surface area contributed by atoms with E-state index >= 15 is 0 Å². The molecule has 3 rings (SSSR count). The van der Waals surface area contributed by atoms with Crippen LogP contribution in [-0.4, -0.2) is 14.5 Å². The van der Waals surface area contributed by atoms with Crippen molar-refractivity contribution in [1.29, 1.82) is 5.26 Å². The zero-order valence-electron chi connectivity index (χ0n) is 13.2. The zero-order valence-corrected chi connectivity index (χ0v) is 13.2. The van der Waals surface area contributed by atoms with Crippen LogP contribution in [0.2, 0.25) is 0 Å². The smallest absolute Gasteiger partial charge is 0.295 e. The van der Waals surface area contributed by atoms with Crippen molar-refractivity contribution < 1.29 is 4.92 Å². The number of nitrogens with zero attached hydrogens (tertiary/aromatic N) is 4. The Morgan fingerprint density at radius 3 is 2.75 bits per heavy atom. The van der Waals surface area contributed by atoms with Crippen molar-refractivity contribution in [3.8, 4) is 6.07 Å². The molecule has 0 radical (unpaired) electrons. The van der Waals surface area contributed by atoms with E-state index in [4.69, 9.17) is 5.26 Å². The lowest BCUT2D eigenvalue weighted by atomic mass is 10.1. The van der Waals surface area contributed by atoms with Crippen molar-refractivity contribution in [3.63, 3.8) is 0 Å². The Hall–Kier alpha value is -3.46. The first-order valence-electron chi connectivity index (χ1n) is 7.30. The largest absolute Gasteiger partial charge is 0.339 e. The summed E-state index contributed by atoms with van der Waals surface area (Å²) in [6.07, 6.45) is 3.65. The van der Waals surface area contributed by atoms with E-state index in [2.05, 4.69) is 11.1 Å². The number of hydrogen-bond donors (Lipinski definition) is 0. The van der Waals surface area contributed by atoms with Gasteiger partial charge in [-0.05, 0) is 30.7 Å². The highest BCUT2D eigenvalue weighted by Gasteiger charge is 2.12. The fourth-order valence-corrected chi connectivity index (χ4v) is 2.56. The lowest BCUT2D eigenvalue weighted by Crippen LogP contribution is -1.93. The molecule has 24 heavy (non-hydrogen) atoms. The molecule has 0 aliphatic carbocycles. The molecular formula is C18H14N4O2. The number of benzene rings is 1. The van der Waals surface area contributed by atoms with Crippen LogP contribution < -0.4 is 0 Å². The van der Waals surface area contributed by atoms with Crippen molar-refractivity contribution >= 4 is 28.7 Å². The van der Waals surface area contributed by atoms with Crippen LogP contribution in [0.15, 0.2) is 36.4 Å². The predicted octanol–water partition coefficient (Wildman–Crippen LogP) is 3.83. The van der Waals surface area contributed by atoms with Gasteiger partial charge in [0, 0.05) is 24.2 Å². The molecule has 6 nitrogen and oxygen atoms in total. The second-order valence-corrected chi connectivity index (χ2v) is 5.42. The first-order valence-corrected chi connectivity index (χ1v) is 7.30. The molecule has 0 bridgehead atoms. The highest BCUT2D eigenvalue weighted by Crippen LogP contribution is 2.24. The van der Waals surface area contributed by atoms with Crippen LogP contribution in [0.1, 0.15) is 22.6 Å². The Balaban J connectivity index is 2.03. The van der Waals surface area contributed by atoms with E-state index in [-0.39, 0.29) is 5.69 Å². The fraction of sp³-hybridized carbons (Fsp3) is 0.111. The first-order chi connectivity index (χ1) is 11.5. The van der Waals surface area contributed by atoms with Gasteiger partial charge in [0.25, 0.3) is 5.69 Å². The van der Waals surface area contributed by atoms with Gasteiger partial charge < -0.3 is 4.57 Å². The SMILES string of the molecule is Cc1c(/C=C/c2ccc3cccc([N+](=O)[O-])c3n2)cc(C#N)n1C. The first kappa shape index (κ1) is 15.4. The van der Waals surface area contributed by atoms with Crippen LogP contribution in [-0.2, 0) is 7.05 Å². The molecule has 0 saturated carbocycles. The second kappa shape index (κ2) is 5.97. The van der Waals surface area contributed by atoms with Crippen LogP contribution in [0.3, 0.4) is 0 Å². The summed E-state index contributed by atoms with van der Waals surface area (Å²) < 4.78 is 1.82. The Kier molecular flexibility index (Phi) is 3.84. The molecule has 1 aromatic carbocycles. The van der Waals surface area contributed by atoms with E-state index in [9.17, 15) is 10.1 Å². The monoisotopic (exact) mass is 318 g/mol. The third-order valence-corrected chi connectivity index (χ3v) is 4.04. The third-order valence-electron chi connectivity index (χ3n) is 4.04. The zero-order chi connectivity index (χ0) is 17.3. The minimum atomic E-state index is -0.427. The quantitative estimate of drug-likeness (QED) is 0.542. The van der Waals surface area contributed by atoms with Crippen LogP contribution in [0.25, 0.3) is 23.1 Å². The average Bonchev–Trinajstić information content (AvgIpc) is 2.86. The topological polar surface area (TPSA) is 84.8 Å². The molecule has 0 aliphatic heterocycles. The van der Waals surface area contributed by atoms with Gasteiger partial charge in [-0.3, -0.25) is 10.1 Å². The molecule has 0 atom stereocenters. The lowest BCUT2D eigenvalue weighted by molar-refractivity contribution is -0.383. The van der Waals surface area contributed by atoms with Crippen LogP contribution in [0.5, 0.6) is 0 Å². The van der Waals surface area contributed by atoms with E-state index in [1.165, 1.54) is 6.07 Å². The van der Waals surface area contributed by atoms with Crippen molar-refractivity contribution in [1.82, 2.24) is 9.55 Å². The maximum Gasteiger partial charge on any atom is 0.295 e. The Morgan fingerprint density at radius 2 is 2.08 bits per heavy atom. The number of nitro benzene ring substituents is 1. The van der Waals surface area contributed by atoms with Crippen molar-refractivity contribution in [2.24, 2.45) is 7.05 Å². The molecule has 3 aromatic rings. The summed E-state index contributed by atoms with van der Waals surface area (Å²) in [4.78, 5) is 15.1. The average molecular weight is 318 g/mol. The van der Waals surface area contributed by atoms with Crippen molar-refractivity contribution in [2.45, 2.75) is 6.92 Å². The standard InChI is InChI=1S/C18H14N4O2/c1-12-14(10-16(11-19)21(12)2)7-9-15-8-6-13-4-3-5-17(22(23)24)18(13)20-15/h3-10H,1-2H3/b9-7+. The summed E-state index contributed by atoms with van der Waals surface area (Å²) in [5.74, 6) is 0. The summed E-state index contributed by atoms with van der Waals surface area (Å²) >= 11 is 0. The molecule has 0 aliphatic rings. The number of para-hydroxylation sites is 1. The normalized spacial score (nSPS) is 11.0. The molecule has 2 heterocycles. The molecule has 0 unspecified atom stereocenters. The summed E-state index contributed by atoms with van der Waals surface area (Å²) in [6.45, 7) is 1.93. The second-order valence-electron chi connectivity index (χ2n) is 5.42. The van der Waals surface area contributed by atoms with Gasteiger partial charge in [0.2, 0.25) is 0 Å². The summed E-state index contributed by atoms with van der Waals surface area (Å²) in [5, 5.41) is 20.9. The molecule has 6 heteroatoms. The number of rotatable bonds is 3. The van der Waals surface area contributed by atoms with E-state index in [0.29, 0.717) is 16.9 Å². The molecule has 0 fully saturated rings. The number of hydrogen-bond acceptors (Lipinski definition) is 4. The fourth-order valence-electron chi connectivity index (χ4n) is 2.56. The van der Waals surface area contributed by atoms with E-state index < -0.39 is 4.92 Å². The maximum atomic E-state index is 11.1. The lowest BCUT2D eigenvalue weighted by Gasteiger charge is -2.01. The van der Waals surface area contributed by atoms with Gasteiger partial charge in [-0.2, -0.15) is 5.26 Å². The minimum Gasteiger partial charge on any atom is -0.339 e. The van der Waals surface area contributed by atoms with Crippen molar-refractivity contribution in [3.05, 3.63) is 69.2 Å². The Bertz CT molecular complexity index is 1030. The number of pyridine rings is 1.